The van der Waals surface area contributed by atoms with Gasteiger partial charge in [0.15, 0.2) is 9.84 Å². The van der Waals surface area contributed by atoms with Crippen LogP contribution in [0.3, 0.4) is 0 Å². The van der Waals surface area contributed by atoms with Crippen LogP contribution < -0.4 is 4.74 Å². The van der Waals surface area contributed by atoms with Crippen LogP contribution in [0.2, 0.25) is 0 Å². The van der Waals surface area contributed by atoms with Gasteiger partial charge in [-0.25, -0.2) is 13.1 Å². The third-order valence-electron chi connectivity index (χ3n) is 6.65. The van der Waals surface area contributed by atoms with Gasteiger partial charge in [-0.05, 0) is 61.7 Å². The summed E-state index contributed by atoms with van der Waals surface area (Å²) in [6, 6.07) is 15.4. The number of hydrogen-bond donors (Lipinski definition) is 0. The molecule has 0 spiro atoms. The van der Waals surface area contributed by atoms with Crippen molar-refractivity contribution in [2.75, 3.05) is 18.1 Å². The number of sulfone groups is 1. The van der Waals surface area contributed by atoms with E-state index in [0.29, 0.717) is 22.3 Å². The summed E-state index contributed by atoms with van der Waals surface area (Å²) in [5.74, 6) is 0.629. The maximum atomic E-state index is 13.4. The Bertz CT molecular complexity index is 1510. The summed E-state index contributed by atoms with van der Waals surface area (Å²) in [6.45, 7) is 4.82. The maximum Gasteiger partial charge on any atom is 0.266 e. The normalized spacial score (nSPS) is 20.0. The molecule has 7 nitrogen and oxygen atoms in total. The fourth-order valence-corrected chi connectivity index (χ4v) is 7.72. The van der Waals surface area contributed by atoms with E-state index in [-0.39, 0.29) is 17.4 Å². The van der Waals surface area contributed by atoms with Crippen molar-refractivity contribution < 1.29 is 17.9 Å². The monoisotopic (exact) mass is 567 g/mol. The molecule has 1 atom stereocenters. The lowest BCUT2D eigenvalue weighted by Crippen LogP contribution is -2.39. The highest BCUT2D eigenvalue weighted by Crippen LogP contribution is 2.38. The van der Waals surface area contributed by atoms with Crippen molar-refractivity contribution in [3.63, 3.8) is 0 Å². The molecule has 0 saturated carbocycles. The second-order valence-corrected chi connectivity index (χ2v) is 13.4. The SMILES string of the molecule is CCCCOc1ccc(-c2nn(-c3ccccc3)cc2/C=C2/SC(=S)N([C@H]3CCS(=O)(=O)C3)C2=O)cc1C. The summed E-state index contributed by atoms with van der Waals surface area (Å²) in [5.41, 5.74) is 4.31. The number of hydrogen-bond acceptors (Lipinski definition) is 7. The summed E-state index contributed by atoms with van der Waals surface area (Å²) in [4.78, 5) is 15.3. The van der Waals surface area contributed by atoms with E-state index in [4.69, 9.17) is 22.1 Å². The van der Waals surface area contributed by atoms with Crippen LogP contribution in [0.1, 0.15) is 37.3 Å². The van der Waals surface area contributed by atoms with Gasteiger partial charge < -0.3 is 4.74 Å². The molecule has 2 aliphatic heterocycles. The largest absolute Gasteiger partial charge is 0.493 e. The fraction of sp³-hybridized carbons (Fsp3) is 0.321. The highest BCUT2D eigenvalue weighted by atomic mass is 32.2. The lowest BCUT2D eigenvalue weighted by molar-refractivity contribution is -0.123. The predicted octanol–water partition coefficient (Wildman–Crippen LogP) is 5.41. The molecule has 0 radical (unpaired) electrons. The average Bonchev–Trinajstić information content (AvgIpc) is 3.55. The molecule has 0 unspecified atom stereocenters. The summed E-state index contributed by atoms with van der Waals surface area (Å²) in [6.07, 6.45) is 6.19. The van der Waals surface area contributed by atoms with E-state index < -0.39 is 15.9 Å². The van der Waals surface area contributed by atoms with Crippen LogP contribution in [0.5, 0.6) is 5.75 Å². The molecular weight excluding hydrogens is 539 g/mol. The second-order valence-electron chi connectivity index (χ2n) is 9.50. The minimum absolute atomic E-state index is 0.0458. The number of carbonyl (C=O) groups excluding carboxylic acids is 1. The number of nitrogens with zero attached hydrogens (tertiary/aromatic N) is 3. The Kier molecular flexibility index (Phi) is 7.74. The molecule has 0 N–H and O–H groups in total. The number of aryl methyl sites for hydroxylation is 1. The van der Waals surface area contributed by atoms with E-state index in [1.807, 2.05) is 67.7 Å². The molecule has 3 aromatic rings. The zero-order chi connectivity index (χ0) is 26.9. The summed E-state index contributed by atoms with van der Waals surface area (Å²) in [7, 11) is -3.15. The maximum absolute atomic E-state index is 13.4. The van der Waals surface area contributed by atoms with Gasteiger partial charge in [0.1, 0.15) is 15.8 Å². The summed E-state index contributed by atoms with van der Waals surface area (Å²) >= 11 is 6.71. The number of para-hydroxylation sites is 1. The first kappa shape index (κ1) is 26.6. The lowest BCUT2D eigenvalue weighted by Gasteiger charge is -2.20. The van der Waals surface area contributed by atoms with Gasteiger partial charge in [0.05, 0.1) is 34.7 Å². The van der Waals surface area contributed by atoms with Crippen LogP contribution in [-0.2, 0) is 14.6 Å². The third-order valence-corrected chi connectivity index (χ3v) is 9.73. The number of aromatic nitrogens is 2. The molecule has 0 aliphatic carbocycles. The zero-order valence-electron chi connectivity index (χ0n) is 21.3. The van der Waals surface area contributed by atoms with E-state index in [9.17, 15) is 13.2 Å². The van der Waals surface area contributed by atoms with E-state index in [0.717, 1.165) is 46.7 Å². The van der Waals surface area contributed by atoms with Gasteiger partial charge in [-0.3, -0.25) is 9.69 Å². The van der Waals surface area contributed by atoms with E-state index in [2.05, 4.69) is 6.92 Å². The van der Waals surface area contributed by atoms with Crippen LogP contribution in [0.15, 0.2) is 59.6 Å². The van der Waals surface area contributed by atoms with Gasteiger partial charge in [0.2, 0.25) is 0 Å². The van der Waals surface area contributed by atoms with Crippen molar-refractivity contribution in [2.24, 2.45) is 0 Å². The number of amides is 1. The number of carbonyl (C=O) groups is 1. The van der Waals surface area contributed by atoms with Gasteiger partial charge in [0, 0.05) is 17.3 Å². The molecule has 0 bridgehead atoms. The molecule has 1 aromatic heterocycles. The highest BCUT2D eigenvalue weighted by molar-refractivity contribution is 8.26. The molecule has 3 heterocycles. The lowest BCUT2D eigenvalue weighted by atomic mass is 10.0. The predicted molar refractivity (Wildman–Crippen MR) is 156 cm³/mol. The number of ether oxygens (including phenoxy) is 1. The van der Waals surface area contributed by atoms with Crippen LogP contribution in [0.4, 0.5) is 0 Å². The Hall–Kier alpha value is -2.95. The second kappa shape index (κ2) is 11.0. The molecule has 10 heteroatoms. The van der Waals surface area contributed by atoms with Crippen LogP contribution in [0.25, 0.3) is 23.0 Å². The van der Waals surface area contributed by atoms with Crippen LogP contribution in [0, 0.1) is 6.92 Å². The molecule has 5 rings (SSSR count). The highest BCUT2D eigenvalue weighted by Gasteiger charge is 2.42. The molecule has 38 heavy (non-hydrogen) atoms. The standard InChI is InChI=1S/C28H29N3O4S3/c1-3-4-13-35-24-11-10-20(15-19(24)2)26-21(17-30(29-26)22-8-6-5-7-9-22)16-25-27(32)31(28(36)37-25)23-12-14-38(33,34)18-23/h5-11,15-17,23H,3-4,12-14,18H2,1-2H3/b25-16+/t23-/m0/s1. The van der Waals surface area contributed by atoms with Crippen molar-refractivity contribution >= 4 is 50.1 Å². The Labute approximate surface area is 232 Å². The zero-order valence-corrected chi connectivity index (χ0v) is 23.7. The molecule has 2 aromatic carbocycles. The number of rotatable bonds is 8. The van der Waals surface area contributed by atoms with Crippen LogP contribution >= 0.6 is 24.0 Å². The fourth-order valence-electron chi connectivity index (χ4n) is 4.63. The Morgan fingerprint density at radius 3 is 2.68 bits per heavy atom. The minimum Gasteiger partial charge on any atom is -0.493 e. The topological polar surface area (TPSA) is 81.5 Å². The number of thioether (sulfide) groups is 1. The molecular formula is C28H29N3O4S3. The Morgan fingerprint density at radius 2 is 2.00 bits per heavy atom. The minimum atomic E-state index is -3.15. The van der Waals surface area contributed by atoms with Crippen molar-refractivity contribution in [1.29, 1.82) is 0 Å². The van der Waals surface area contributed by atoms with Crippen molar-refractivity contribution in [3.05, 3.63) is 70.8 Å². The first-order valence-corrected chi connectivity index (χ1v) is 15.7. The third kappa shape index (κ3) is 5.57. The van der Waals surface area contributed by atoms with E-state index >= 15 is 0 Å². The van der Waals surface area contributed by atoms with Crippen molar-refractivity contribution in [2.45, 2.75) is 39.2 Å². The number of unbranched alkanes of at least 4 members (excludes halogenated alkanes) is 1. The number of benzene rings is 2. The van der Waals surface area contributed by atoms with Crippen molar-refractivity contribution in [3.8, 4) is 22.7 Å². The molecule has 198 valence electrons. The number of thiocarbonyl (C=S) groups is 1. The average molecular weight is 568 g/mol. The first-order chi connectivity index (χ1) is 18.3. The first-order valence-electron chi connectivity index (χ1n) is 12.6. The molecule has 2 saturated heterocycles. The van der Waals surface area contributed by atoms with Gasteiger partial charge in [0.25, 0.3) is 5.91 Å². The summed E-state index contributed by atoms with van der Waals surface area (Å²) in [5, 5.41) is 4.88. The smallest absolute Gasteiger partial charge is 0.266 e. The quantitative estimate of drug-likeness (QED) is 0.204. The summed E-state index contributed by atoms with van der Waals surface area (Å²) < 4.78 is 32.2. The van der Waals surface area contributed by atoms with E-state index in [1.54, 1.807) is 4.68 Å². The van der Waals surface area contributed by atoms with Crippen molar-refractivity contribution in [1.82, 2.24) is 14.7 Å². The Balaban J connectivity index is 1.51. The molecule has 1 amide bonds. The molecule has 2 aliphatic rings. The van der Waals surface area contributed by atoms with Crippen LogP contribution in [-0.4, -0.2) is 57.5 Å². The Morgan fingerprint density at radius 1 is 1.21 bits per heavy atom. The van der Waals surface area contributed by atoms with Gasteiger partial charge in [-0.1, -0.05) is 55.5 Å². The van der Waals surface area contributed by atoms with E-state index in [1.165, 1.54) is 16.7 Å². The van der Waals surface area contributed by atoms with Gasteiger partial charge >= 0.3 is 0 Å². The van der Waals surface area contributed by atoms with Gasteiger partial charge in [-0.2, -0.15) is 5.10 Å². The van der Waals surface area contributed by atoms with Gasteiger partial charge in [-0.15, -0.1) is 0 Å². The molecule has 2 fully saturated rings.